The van der Waals surface area contributed by atoms with E-state index in [2.05, 4.69) is 73.5 Å². The molecular weight excluding hydrogens is 250 g/mol. The molecule has 0 saturated heterocycles. The van der Waals surface area contributed by atoms with Crippen molar-refractivity contribution in [2.75, 3.05) is 19.3 Å². The van der Waals surface area contributed by atoms with Crippen molar-refractivity contribution in [1.29, 1.82) is 0 Å². The van der Waals surface area contributed by atoms with Crippen molar-refractivity contribution in [3.05, 3.63) is 65.7 Å². The highest BCUT2D eigenvalue weighted by Crippen LogP contribution is 2.17. The summed E-state index contributed by atoms with van der Waals surface area (Å²) in [6.45, 7) is 4.28. The van der Waals surface area contributed by atoms with E-state index in [4.69, 9.17) is 0 Å². The summed E-state index contributed by atoms with van der Waals surface area (Å²) in [5, 5.41) is 0. The Morgan fingerprint density at radius 3 is 2.53 bits per heavy atom. The number of thioether (sulfide) groups is 1. The fourth-order valence-corrected chi connectivity index (χ4v) is 3.03. The summed E-state index contributed by atoms with van der Waals surface area (Å²) in [4.78, 5) is 3.73. The molecule has 0 aliphatic heterocycles. The molecule has 0 aliphatic rings. The van der Waals surface area contributed by atoms with Crippen molar-refractivity contribution in [3.8, 4) is 0 Å². The number of aryl methyl sites for hydroxylation is 1. The van der Waals surface area contributed by atoms with Gasteiger partial charge in [-0.2, -0.15) is 0 Å². The highest BCUT2D eigenvalue weighted by atomic mass is 32.2. The topological polar surface area (TPSA) is 3.24 Å². The molecule has 0 heterocycles. The van der Waals surface area contributed by atoms with Gasteiger partial charge in [-0.05, 0) is 31.7 Å². The molecule has 0 amide bonds. The Balaban J connectivity index is 1.74. The average Bonchev–Trinajstić information content (AvgIpc) is 2.40. The molecule has 2 rings (SSSR count). The number of benzene rings is 2. The van der Waals surface area contributed by atoms with Crippen LogP contribution in [0.15, 0.2) is 59.5 Å². The molecule has 0 radical (unpaired) electrons. The Bertz CT molecular complexity index is 496. The van der Waals surface area contributed by atoms with Crippen LogP contribution >= 0.6 is 11.8 Å². The number of hydrogen-bond acceptors (Lipinski definition) is 2. The van der Waals surface area contributed by atoms with Crippen molar-refractivity contribution >= 4 is 11.8 Å². The lowest BCUT2D eigenvalue weighted by molar-refractivity contribution is 0.348. The van der Waals surface area contributed by atoms with E-state index < -0.39 is 0 Å². The second-order valence-corrected chi connectivity index (χ2v) is 6.06. The predicted octanol–water partition coefficient (Wildman–Crippen LogP) is 4.22. The monoisotopic (exact) mass is 271 g/mol. The first-order chi connectivity index (χ1) is 9.24. The van der Waals surface area contributed by atoms with Gasteiger partial charge in [0.2, 0.25) is 0 Å². The minimum Gasteiger partial charge on any atom is -0.301 e. The normalized spacial score (nSPS) is 10.9. The van der Waals surface area contributed by atoms with E-state index in [0.29, 0.717) is 0 Å². The van der Waals surface area contributed by atoms with Crippen LogP contribution in [0.1, 0.15) is 11.1 Å². The van der Waals surface area contributed by atoms with Gasteiger partial charge in [0.15, 0.2) is 0 Å². The minimum absolute atomic E-state index is 1.02. The standard InChI is InChI=1S/C17H21NS/c1-15-7-6-8-16(13-15)14-18(2)11-12-19-17-9-4-3-5-10-17/h3-10,13H,11-12,14H2,1-2H3. The first-order valence-electron chi connectivity index (χ1n) is 6.66. The highest BCUT2D eigenvalue weighted by Gasteiger charge is 2.01. The Kier molecular flexibility index (Phi) is 5.49. The SMILES string of the molecule is Cc1cccc(CN(C)CCSc2ccccc2)c1. The van der Waals surface area contributed by atoms with E-state index in [0.717, 1.165) is 18.8 Å². The zero-order valence-corrected chi connectivity index (χ0v) is 12.5. The van der Waals surface area contributed by atoms with Crippen LogP contribution in [-0.4, -0.2) is 24.2 Å². The molecule has 19 heavy (non-hydrogen) atoms. The van der Waals surface area contributed by atoms with Gasteiger partial charge < -0.3 is 4.90 Å². The zero-order chi connectivity index (χ0) is 13.5. The van der Waals surface area contributed by atoms with E-state index in [9.17, 15) is 0 Å². The van der Waals surface area contributed by atoms with Gasteiger partial charge in [-0.1, -0.05) is 48.0 Å². The van der Waals surface area contributed by atoms with Crippen molar-refractivity contribution in [2.45, 2.75) is 18.4 Å². The Morgan fingerprint density at radius 1 is 1.00 bits per heavy atom. The van der Waals surface area contributed by atoms with Crippen LogP contribution in [0.5, 0.6) is 0 Å². The van der Waals surface area contributed by atoms with E-state index in [1.54, 1.807) is 0 Å². The third kappa shape index (κ3) is 5.09. The molecular formula is C17H21NS. The molecule has 0 spiro atoms. The van der Waals surface area contributed by atoms with Crippen LogP contribution in [0.25, 0.3) is 0 Å². The summed E-state index contributed by atoms with van der Waals surface area (Å²) in [6.07, 6.45) is 0. The molecule has 100 valence electrons. The van der Waals surface area contributed by atoms with E-state index >= 15 is 0 Å². The number of hydrogen-bond donors (Lipinski definition) is 0. The minimum atomic E-state index is 1.02. The maximum absolute atomic E-state index is 2.38. The third-order valence-electron chi connectivity index (χ3n) is 3.02. The van der Waals surface area contributed by atoms with E-state index in [1.807, 2.05) is 11.8 Å². The first-order valence-corrected chi connectivity index (χ1v) is 7.64. The van der Waals surface area contributed by atoms with Crippen LogP contribution in [0.2, 0.25) is 0 Å². The van der Waals surface area contributed by atoms with Gasteiger partial charge in [0, 0.05) is 23.7 Å². The Labute approximate surface area is 120 Å². The van der Waals surface area contributed by atoms with Gasteiger partial charge >= 0.3 is 0 Å². The number of rotatable bonds is 6. The fraction of sp³-hybridized carbons (Fsp3) is 0.294. The summed E-state index contributed by atoms with van der Waals surface area (Å²) < 4.78 is 0. The van der Waals surface area contributed by atoms with Gasteiger partial charge in [-0.25, -0.2) is 0 Å². The largest absolute Gasteiger partial charge is 0.301 e. The first kappa shape index (κ1) is 14.2. The molecule has 0 N–H and O–H groups in total. The van der Waals surface area contributed by atoms with Crippen LogP contribution in [0.4, 0.5) is 0 Å². The molecule has 2 aromatic rings. The zero-order valence-electron chi connectivity index (χ0n) is 11.7. The third-order valence-corrected chi connectivity index (χ3v) is 4.01. The lowest BCUT2D eigenvalue weighted by atomic mass is 10.1. The van der Waals surface area contributed by atoms with Crippen LogP contribution in [0, 0.1) is 6.92 Å². The molecule has 0 fully saturated rings. The fourth-order valence-electron chi connectivity index (χ4n) is 2.04. The highest BCUT2D eigenvalue weighted by molar-refractivity contribution is 7.99. The Morgan fingerprint density at radius 2 is 1.79 bits per heavy atom. The van der Waals surface area contributed by atoms with Gasteiger partial charge in [-0.15, -0.1) is 11.8 Å². The van der Waals surface area contributed by atoms with Crippen LogP contribution in [0.3, 0.4) is 0 Å². The summed E-state index contributed by atoms with van der Waals surface area (Å²) in [6, 6.07) is 19.3. The van der Waals surface area contributed by atoms with Crippen molar-refractivity contribution in [3.63, 3.8) is 0 Å². The molecule has 2 heteroatoms. The lowest BCUT2D eigenvalue weighted by Gasteiger charge is -2.16. The van der Waals surface area contributed by atoms with Gasteiger partial charge in [0.1, 0.15) is 0 Å². The second kappa shape index (κ2) is 7.37. The number of nitrogens with zero attached hydrogens (tertiary/aromatic N) is 1. The van der Waals surface area contributed by atoms with Gasteiger partial charge in [0.05, 0.1) is 0 Å². The van der Waals surface area contributed by atoms with Crippen molar-refractivity contribution in [1.82, 2.24) is 4.90 Å². The molecule has 0 aromatic heterocycles. The van der Waals surface area contributed by atoms with E-state index in [-0.39, 0.29) is 0 Å². The van der Waals surface area contributed by atoms with Crippen molar-refractivity contribution < 1.29 is 0 Å². The molecule has 0 atom stereocenters. The summed E-state index contributed by atoms with van der Waals surface area (Å²) in [7, 11) is 2.19. The summed E-state index contributed by atoms with van der Waals surface area (Å²) >= 11 is 1.92. The van der Waals surface area contributed by atoms with Crippen LogP contribution in [-0.2, 0) is 6.54 Å². The van der Waals surface area contributed by atoms with Crippen LogP contribution < -0.4 is 0 Å². The molecule has 1 nitrogen and oxygen atoms in total. The maximum atomic E-state index is 2.38. The van der Waals surface area contributed by atoms with E-state index in [1.165, 1.54) is 16.0 Å². The average molecular weight is 271 g/mol. The lowest BCUT2D eigenvalue weighted by Crippen LogP contribution is -2.20. The summed E-state index contributed by atoms with van der Waals surface area (Å²) in [5.74, 6) is 1.13. The molecule has 2 aromatic carbocycles. The van der Waals surface area contributed by atoms with Crippen molar-refractivity contribution in [2.24, 2.45) is 0 Å². The predicted molar refractivity (Wildman–Crippen MR) is 84.7 cm³/mol. The molecule has 0 bridgehead atoms. The summed E-state index contributed by atoms with van der Waals surface area (Å²) in [5.41, 5.74) is 2.73. The smallest absolute Gasteiger partial charge is 0.0231 e. The quantitative estimate of drug-likeness (QED) is 0.724. The second-order valence-electron chi connectivity index (χ2n) is 4.89. The molecule has 0 unspecified atom stereocenters. The Hall–Kier alpha value is -1.25. The molecule has 0 aliphatic carbocycles. The van der Waals surface area contributed by atoms with Gasteiger partial charge in [-0.3, -0.25) is 0 Å². The van der Waals surface area contributed by atoms with Gasteiger partial charge in [0.25, 0.3) is 0 Å². The molecule has 0 saturated carbocycles. The maximum Gasteiger partial charge on any atom is 0.0231 e.